The largest absolute Gasteiger partial charge is 0.494 e. The molecule has 148 valence electrons. The van der Waals surface area contributed by atoms with Gasteiger partial charge in [-0.3, -0.25) is 4.79 Å². The van der Waals surface area contributed by atoms with Crippen molar-refractivity contribution in [1.82, 2.24) is 14.6 Å². The number of nitrogens with zero attached hydrogens (tertiary/aromatic N) is 3. The van der Waals surface area contributed by atoms with E-state index in [9.17, 15) is 4.79 Å². The van der Waals surface area contributed by atoms with Gasteiger partial charge in [-0.1, -0.05) is 12.1 Å². The Balaban J connectivity index is 1.50. The van der Waals surface area contributed by atoms with Crippen LogP contribution in [0.3, 0.4) is 0 Å². The zero-order valence-corrected chi connectivity index (χ0v) is 16.9. The molecule has 0 saturated carbocycles. The van der Waals surface area contributed by atoms with Gasteiger partial charge in [0.1, 0.15) is 5.75 Å². The maximum Gasteiger partial charge on any atom is 0.224 e. The summed E-state index contributed by atoms with van der Waals surface area (Å²) in [6.45, 7) is 6.59. The van der Waals surface area contributed by atoms with E-state index in [2.05, 4.69) is 10.4 Å². The van der Waals surface area contributed by atoms with Crippen LogP contribution in [-0.2, 0) is 11.2 Å². The summed E-state index contributed by atoms with van der Waals surface area (Å²) in [5, 5.41) is 8.66. The number of hydrogen-bond donors (Lipinski definition) is 1. The number of fused-ring (bicyclic) bond motifs is 3. The molecular formula is C23H24N4O2. The summed E-state index contributed by atoms with van der Waals surface area (Å²) in [4.78, 5) is 17.2. The van der Waals surface area contributed by atoms with Crippen LogP contribution >= 0.6 is 0 Å². The number of nitrogens with one attached hydrogen (secondary N) is 1. The van der Waals surface area contributed by atoms with Gasteiger partial charge in [0.05, 0.1) is 12.1 Å². The zero-order valence-electron chi connectivity index (χ0n) is 16.9. The summed E-state index contributed by atoms with van der Waals surface area (Å²) in [7, 11) is 0. The molecule has 0 radical (unpaired) electrons. The molecule has 0 spiro atoms. The summed E-state index contributed by atoms with van der Waals surface area (Å²) in [5.74, 6) is 0.765. The molecule has 0 saturated heterocycles. The van der Waals surface area contributed by atoms with Crippen LogP contribution in [0.2, 0.25) is 0 Å². The van der Waals surface area contributed by atoms with Crippen LogP contribution in [-0.4, -0.2) is 27.1 Å². The standard InChI is InChI=1S/C23H24N4O2/c1-4-29-18-11-9-17(10-12-18)25-22(28)14-13-19-15(2)24-23-20-7-5-6-8-21(20)26-27(23)16(19)3/h5-12H,4,13-14H2,1-3H3,(H,25,28). The number of rotatable bonds is 6. The highest BCUT2D eigenvalue weighted by molar-refractivity contribution is 5.92. The van der Waals surface area contributed by atoms with Crippen molar-refractivity contribution >= 4 is 28.1 Å². The normalized spacial score (nSPS) is 11.1. The van der Waals surface area contributed by atoms with E-state index in [1.54, 1.807) is 0 Å². The number of ether oxygens (including phenoxy) is 1. The molecule has 29 heavy (non-hydrogen) atoms. The van der Waals surface area contributed by atoms with Crippen LogP contribution in [0.15, 0.2) is 48.5 Å². The third kappa shape index (κ3) is 3.78. The fourth-order valence-corrected chi connectivity index (χ4v) is 3.60. The number of carbonyl (C=O) groups excluding carboxylic acids is 1. The number of benzene rings is 2. The Bertz CT molecular complexity index is 1180. The first-order valence-corrected chi connectivity index (χ1v) is 9.83. The van der Waals surface area contributed by atoms with Gasteiger partial charge in [-0.05, 0) is 69.2 Å². The molecule has 2 aromatic carbocycles. The van der Waals surface area contributed by atoms with Gasteiger partial charge in [0.25, 0.3) is 0 Å². The van der Waals surface area contributed by atoms with E-state index >= 15 is 0 Å². The molecule has 4 aromatic rings. The first-order valence-electron chi connectivity index (χ1n) is 9.83. The number of carbonyl (C=O) groups is 1. The van der Waals surface area contributed by atoms with Crippen LogP contribution in [0.4, 0.5) is 5.69 Å². The fourth-order valence-electron chi connectivity index (χ4n) is 3.60. The van der Waals surface area contributed by atoms with E-state index in [1.807, 2.05) is 73.8 Å². The van der Waals surface area contributed by atoms with E-state index in [-0.39, 0.29) is 5.91 Å². The highest BCUT2D eigenvalue weighted by atomic mass is 16.5. The van der Waals surface area contributed by atoms with Crippen molar-refractivity contribution in [1.29, 1.82) is 0 Å². The van der Waals surface area contributed by atoms with E-state index in [0.717, 1.165) is 44.9 Å². The van der Waals surface area contributed by atoms with Gasteiger partial charge in [0.15, 0.2) is 5.65 Å². The number of aromatic nitrogens is 3. The van der Waals surface area contributed by atoms with Crippen molar-refractivity contribution in [2.75, 3.05) is 11.9 Å². The van der Waals surface area contributed by atoms with E-state index in [0.29, 0.717) is 19.4 Å². The second-order valence-corrected chi connectivity index (χ2v) is 7.02. The van der Waals surface area contributed by atoms with Gasteiger partial charge in [-0.25, -0.2) is 9.50 Å². The molecule has 0 bridgehead atoms. The molecule has 0 aliphatic heterocycles. The Morgan fingerprint density at radius 3 is 2.62 bits per heavy atom. The second kappa shape index (κ2) is 7.91. The molecule has 6 nitrogen and oxygen atoms in total. The van der Waals surface area contributed by atoms with E-state index in [1.165, 1.54) is 0 Å². The van der Waals surface area contributed by atoms with Gasteiger partial charge < -0.3 is 10.1 Å². The van der Waals surface area contributed by atoms with Crippen LogP contribution in [0.25, 0.3) is 16.6 Å². The second-order valence-electron chi connectivity index (χ2n) is 7.02. The van der Waals surface area contributed by atoms with Gasteiger partial charge in [-0.15, -0.1) is 0 Å². The third-order valence-electron chi connectivity index (χ3n) is 5.07. The molecule has 1 N–H and O–H groups in total. The topological polar surface area (TPSA) is 68.5 Å². The minimum atomic E-state index is -0.0290. The molecular weight excluding hydrogens is 364 g/mol. The molecule has 0 fully saturated rings. The van der Waals surface area contributed by atoms with Crippen molar-refractivity contribution < 1.29 is 9.53 Å². The third-order valence-corrected chi connectivity index (χ3v) is 5.07. The molecule has 0 aliphatic carbocycles. The van der Waals surface area contributed by atoms with Crippen LogP contribution in [0.5, 0.6) is 5.75 Å². The number of amides is 1. The average Bonchev–Trinajstić information content (AvgIpc) is 3.08. The number of hydrogen-bond acceptors (Lipinski definition) is 4. The molecule has 0 aliphatic rings. The van der Waals surface area contributed by atoms with Crippen molar-refractivity contribution in [2.24, 2.45) is 0 Å². The molecule has 1 amide bonds. The highest BCUT2D eigenvalue weighted by Gasteiger charge is 2.15. The fraction of sp³-hybridized carbons (Fsp3) is 0.261. The lowest BCUT2D eigenvalue weighted by Crippen LogP contribution is -2.14. The lowest BCUT2D eigenvalue weighted by molar-refractivity contribution is -0.116. The van der Waals surface area contributed by atoms with Crippen LogP contribution in [0.1, 0.15) is 30.3 Å². The Morgan fingerprint density at radius 2 is 1.86 bits per heavy atom. The molecule has 4 rings (SSSR count). The van der Waals surface area contributed by atoms with Crippen LogP contribution < -0.4 is 10.1 Å². The molecule has 6 heteroatoms. The van der Waals surface area contributed by atoms with Crippen molar-refractivity contribution in [3.8, 4) is 5.75 Å². The minimum Gasteiger partial charge on any atom is -0.494 e. The van der Waals surface area contributed by atoms with Crippen LogP contribution in [0, 0.1) is 13.8 Å². The summed E-state index contributed by atoms with van der Waals surface area (Å²) in [6, 6.07) is 15.4. The zero-order chi connectivity index (χ0) is 20.4. The van der Waals surface area contributed by atoms with Crippen molar-refractivity contribution in [3.63, 3.8) is 0 Å². The summed E-state index contributed by atoms with van der Waals surface area (Å²) >= 11 is 0. The maximum absolute atomic E-state index is 12.4. The first-order chi connectivity index (χ1) is 14.1. The lowest BCUT2D eigenvalue weighted by atomic mass is 10.1. The predicted octanol–water partition coefficient (Wildman–Crippen LogP) is 4.47. The predicted molar refractivity (Wildman–Crippen MR) is 115 cm³/mol. The monoisotopic (exact) mass is 388 g/mol. The van der Waals surface area contributed by atoms with Crippen molar-refractivity contribution in [3.05, 3.63) is 65.5 Å². The van der Waals surface area contributed by atoms with Gasteiger partial charge >= 0.3 is 0 Å². The first kappa shape index (κ1) is 18.9. The summed E-state index contributed by atoms with van der Waals surface area (Å²) in [5.41, 5.74) is 5.57. The Morgan fingerprint density at radius 1 is 1.10 bits per heavy atom. The number of aryl methyl sites for hydroxylation is 2. The molecule has 0 unspecified atom stereocenters. The Labute approximate surface area is 169 Å². The molecule has 0 atom stereocenters. The summed E-state index contributed by atoms with van der Waals surface area (Å²) < 4.78 is 7.31. The summed E-state index contributed by atoms with van der Waals surface area (Å²) in [6.07, 6.45) is 0.989. The van der Waals surface area contributed by atoms with Gasteiger partial charge in [0.2, 0.25) is 5.91 Å². The van der Waals surface area contributed by atoms with Gasteiger partial charge in [0, 0.05) is 28.9 Å². The quantitative estimate of drug-likeness (QED) is 0.529. The molecule has 2 aromatic heterocycles. The van der Waals surface area contributed by atoms with Crippen molar-refractivity contribution in [2.45, 2.75) is 33.6 Å². The minimum absolute atomic E-state index is 0.0290. The highest BCUT2D eigenvalue weighted by Crippen LogP contribution is 2.23. The van der Waals surface area contributed by atoms with Gasteiger partial charge in [-0.2, -0.15) is 5.10 Å². The SMILES string of the molecule is CCOc1ccc(NC(=O)CCc2c(C)nc3c4ccccc4nn3c2C)cc1. The van der Waals surface area contributed by atoms with E-state index < -0.39 is 0 Å². The number of anilines is 1. The lowest BCUT2D eigenvalue weighted by Gasteiger charge is -2.11. The van der Waals surface area contributed by atoms with E-state index in [4.69, 9.17) is 9.72 Å². The smallest absolute Gasteiger partial charge is 0.224 e. The Kier molecular flexibility index (Phi) is 5.16. The maximum atomic E-state index is 12.4. The Hall–Kier alpha value is -3.41. The average molecular weight is 388 g/mol. The molecule has 2 heterocycles.